The van der Waals surface area contributed by atoms with Crippen LogP contribution in [0.25, 0.3) is 32.9 Å². The van der Waals surface area contributed by atoms with E-state index in [1.807, 2.05) is 43.3 Å². The molecule has 180 valence electrons. The Bertz CT molecular complexity index is 1590. The quantitative estimate of drug-likeness (QED) is 0.279. The zero-order chi connectivity index (χ0) is 25.1. The summed E-state index contributed by atoms with van der Waals surface area (Å²) in [6, 6.07) is 15.9. The molecular formula is C27H24FN7O. The number of aromatic nitrogens is 4. The Hall–Kier alpha value is -4.63. The van der Waals surface area contributed by atoms with Crippen LogP contribution >= 0.6 is 0 Å². The molecule has 0 atom stereocenters. The molecule has 36 heavy (non-hydrogen) atoms. The third kappa shape index (κ3) is 4.77. The van der Waals surface area contributed by atoms with Crippen LogP contribution in [0, 0.1) is 5.82 Å². The van der Waals surface area contributed by atoms with E-state index in [0.717, 1.165) is 16.5 Å². The van der Waals surface area contributed by atoms with Gasteiger partial charge in [0, 0.05) is 29.3 Å². The number of anilines is 3. The van der Waals surface area contributed by atoms with Crippen molar-refractivity contribution in [2.24, 2.45) is 0 Å². The molecule has 0 spiro atoms. The predicted octanol–water partition coefficient (Wildman–Crippen LogP) is 5.11. The summed E-state index contributed by atoms with van der Waals surface area (Å²) in [5.74, 6) is -0.246. The second-order valence-corrected chi connectivity index (χ2v) is 8.54. The molecule has 0 unspecified atom stereocenters. The molecule has 2 aromatic heterocycles. The van der Waals surface area contributed by atoms with Crippen molar-refractivity contribution in [3.05, 3.63) is 85.1 Å². The smallest absolute Gasteiger partial charge is 0.248 e. The Morgan fingerprint density at radius 2 is 1.94 bits per heavy atom. The van der Waals surface area contributed by atoms with Gasteiger partial charge in [0.15, 0.2) is 0 Å². The summed E-state index contributed by atoms with van der Waals surface area (Å²) in [5, 5.41) is 14.8. The van der Waals surface area contributed by atoms with Crippen LogP contribution in [-0.4, -0.2) is 51.6 Å². The van der Waals surface area contributed by atoms with Crippen LogP contribution in [0.4, 0.5) is 21.6 Å². The highest BCUT2D eigenvalue weighted by Crippen LogP contribution is 2.39. The van der Waals surface area contributed by atoms with Crippen LogP contribution in [0.2, 0.25) is 0 Å². The second kappa shape index (κ2) is 9.93. The van der Waals surface area contributed by atoms with E-state index in [2.05, 4.69) is 30.8 Å². The van der Waals surface area contributed by atoms with Crippen molar-refractivity contribution >= 4 is 44.9 Å². The van der Waals surface area contributed by atoms with Crippen LogP contribution < -0.4 is 10.6 Å². The lowest BCUT2D eigenvalue weighted by Gasteiger charge is -2.17. The first kappa shape index (κ1) is 23.1. The van der Waals surface area contributed by atoms with Crippen molar-refractivity contribution in [2.45, 2.75) is 0 Å². The summed E-state index contributed by atoms with van der Waals surface area (Å²) in [4.78, 5) is 23.6. The Balaban J connectivity index is 1.68. The highest BCUT2D eigenvalue weighted by Gasteiger charge is 2.18. The third-order valence-electron chi connectivity index (χ3n) is 5.66. The summed E-state index contributed by atoms with van der Waals surface area (Å²) < 4.78 is 14.5. The molecule has 2 heterocycles. The number of hydrogen-bond acceptors (Lipinski definition) is 6. The van der Waals surface area contributed by atoms with Crippen LogP contribution in [0.3, 0.4) is 0 Å². The molecule has 9 heteroatoms. The van der Waals surface area contributed by atoms with Crippen LogP contribution in [-0.2, 0) is 4.79 Å². The predicted molar refractivity (Wildman–Crippen MR) is 141 cm³/mol. The number of aromatic amines is 1. The first-order chi connectivity index (χ1) is 17.5. The lowest BCUT2D eigenvalue weighted by molar-refractivity contribution is -0.111. The Morgan fingerprint density at radius 1 is 1.08 bits per heavy atom. The number of rotatable bonds is 7. The normalized spacial score (nSPS) is 11.6. The van der Waals surface area contributed by atoms with Gasteiger partial charge in [0.25, 0.3) is 0 Å². The molecular weight excluding hydrogens is 457 g/mol. The molecule has 3 N–H and O–H groups in total. The molecule has 5 rings (SSSR count). The second-order valence-electron chi connectivity index (χ2n) is 8.54. The highest BCUT2D eigenvalue weighted by atomic mass is 19.1. The number of H-pyrrole nitrogens is 1. The molecule has 0 saturated carbocycles. The van der Waals surface area contributed by atoms with Gasteiger partial charge in [-0.25, -0.2) is 14.4 Å². The number of fused-ring (bicyclic) bond motifs is 2. The van der Waals surface area contributed by atoms with Gasteiger partial charge in [-0.15, -0.1) is 0 Å². The number of amides is 1. The van der Waals surface area contributed by atoms with Gasteiger partial charge < -0.3 is 15.5 Å². The number of halogens is 1. The number of para-hydroxylation sites is 1. The van der Waals surface area contributed by atoms with E-state index in [4.69, 9.17) is 0 Å². The Morgan fingerprint density at radius 3 is 2.78 bits per heavy atom. The van der Waals surface area contributed by atoms with Gasteiger partial charge in [-0.3, -0.25) is 9.89 Å². The number of carbonyl (C=O) groups is 1. The number of hydrogen-bond donors (Lipinski definition) is 3. The number of likely N-dealkylation sites (N-methyl/N-ethyl adjacent to an activating group) is 1. The summed E-state index contributed by atoms with van der Waals surface area (Å²) in [7, 11) is 3.86. The molecule has 0 radical (unpaired) electrons. The molecule has 3 aromatic carbocycles. The van der Waals surface area contributed by atoms with Gasteiger partial charge in [-0.05, 0) is 50.0 Å². The van der Waals surface area contributed by atoms with Gasteiger partial charge >= 0.3 is 0 Å². The fourth-order valence-corrected chi connectivity index (χ4v) is 3.98. The Kier molecular flexibility index (Phi) is 6.38. The fraction of sp³-hybridized carbons (Fsp3) is 0.111. The minimum atomic E-state index is -0.403. The van der Waals surface area contributed by atoms with Crippen molar-refractivity contribution in [3.8, 4) is 11.1 Å². The maximum Gasteiger partial charge on any atom is 0.248 e. The molecule has 0 saturated heterocycles. The van der Waals surface area contributed by atoms with Crippen LogP contribution in [0.15, 0.2) is 79.3 Å². The van der Waals surface area contributed by atoms with Gasteiger partial charge in [0.05, 0.1) is 28.3 Å². The lowest BCUT2D eigenvalue weighted by Crippen LogP contribution is -2.13. The van der Waals surface area contributed by atoms with E-state index in [1.165, 1.54) is 18.5 Å². The fourth-order valence-electron chi connectivity index (χ4n) is 3.98. The number of carbonyl (C=O) groups excluding carboxylic acids is 1. The summed E-state index contributed by atoms with van der Waals surface area (Å²) in [6.07, 6.45) is 6.47. The molecule has 1 amide bonds. The van der Waals surface area contributed by atoms with Crippen LogP contribution in [0.5, 0.6) is 0 Å². The van der Waals surface area contributed by atoms with E-state index in [-0.39, 0.29) is 11.6 Å². The largest absolute Gasteiger partial charge is 0.337 e. The van der Waals surface area contributed by atoms with E-state index in [9.17, 15) is 9.18 Å². The van der Waals surface area contributed by atoms with E-state index in [1.54, 1.807) is 36.5 Å². The van der Waals surface area contributed by atoms with E-state index >= 15 is 0 Å². The first-order valence-corrected chi connectivity index (χ1v) is 11.3. The molecule has 0 aliphatic carbocycles. The molecule has 0 aliphatic heterocycles. The highest BCUT2D eigenvalue weighted by molar-refractivity contribution is 6.12. The van der Waals surface area contributed by atoms with Crippen molar-refractivity contribution in [3.63, 3.8) is 0 Å². The summed E-state index contributed by atoms with van der Waals surface area (Å²) in [6.45, 7) is 0.638. The monoisotopic (exact) mass is 481 g/mol. The van der Waals surface area contributed by atoms with Gasteiger partial charge in [-0.1, -0.05) is 30.3 Å². The number of benzene rings is 3. The number of nitrogens with zero attached hydrogens (tertiary/aromatic N) is 4. The average molecular weight is 482 g/mol. The summed E-state index contributed by atoms with van der Waals surface area (Å²) in [5.41, 5.74) is 3.87. The Labute approximate surface area is 206 Å². The maximum absolute atomic E-state index is 14.5. The zero-order valence-corrected chi connectivity index (χ0v) is 19.8. The minimum Gasteiger partial charge on any atom is -0.337 e. The molecule has 8 nitrogen and oxygen atoms in total. The zero-order valence-electron chi connectivity index (χ0n) is 19.8. The first-order valence-electron chi connectivity index (χ1n) is 11.3. The molecule has 0 aliphatic rings. The van der Waals surface area contributed by atoms with Crippen molar-refractivity contribution in [2.75, 3.05) is 31.3 Å². The van der Waals surface area contributed by atoms with Crippen molar-refractivity contribution in [1.82, 2.24) is 25.1 Å². The SMILES string of the molecule is CN(C)C/C=C/C(=O)Nc1ccc2ncnc(Nc3ccccc3F)c2c1-c1ccc2cn[nH]c2c1. The van der Waals surface area contributed by atoms with Gasteiger partial charge in [0.1, 0.15) is 18.0 Å². The van der Waals surface area contributed by atoms with Crippen molar-refractivity contribution in [1.29, 1.82) is 0 Å². The van der Waals surface area contributed by atoms with Gasteiger partial charge in [-0.2, -0.15) is 5.10 Å². The average Bonchev–Trinajstić information content (AvgIpc) is 3.33. The van der Waals surface area contributed by atoms with E-state index in [0.29, 0.717) is 34.5 Å². The topological polar surface area (TPSA) is 98.8 Å². The van der Waals surface area contributed by atoms with Gasteiger partial charge in [0.2, 0.25) is 5.91 Å². The minimum absolute atomic E-state index is 0.263. The maximum atomic E-state index is 14.5. The summed E-state index contributed by atoms with van der Waals surface area (Å²) >= 11 is 0. The van der Waals surface area contributed by atoms with E-state index < -0.39 is 5.82 Å². The molecule has 5 aromatic rings. The molecule has 0 bridgehead atoms. The third-order valence-corrected chi connectivity index (χ3v) is 5.66. The lowest BCUT2D eigenvalue weighted by atomic mass is 9.97. The molecule has 0 fully saturated rings. The van der Waals surface area contributed by atoms with Crippen molar-refractivity contribution < 1.29 is 9.18 Å². The number of nitrogens with one attached hydrogen (secondary N) is 3. The standard InChI is InChI=1S/C27H24FN7O/c1-35(2)13-5-8-24(36)32-22-12-11-21-26(25(22)17-9-10-18-15-31-34-23(18)14-17)27(30-16-29-21)33-20-7-4-3-6-19(20)28/h3-12,14-16H,13H2,1-2H3,(H,31,34)(H,32,36)(H,29,30,33)/b8-5+. The van der Waals surface area contributed by atoms with Crippen LogP contribution in [0.1, 0.15) is 0 Å².